The zero-order chi connectivity index (χ0) is 88.0. The fraction of sp³-hybridized carbons (Fsp3) is 0.189. The van der Waals surface area contributed by atoms with Crippen molar-refractivity contribution in [2.45, 2.75) is 89.4 Å². The van der Waals surface area contributed by atoms with Crippen LogP contribution < -0.4 is 55.0 Å². The number of amides is 5. The smallest absolute Gasteiger partial charge is 0.343 e. The molecule has 123 heavy (non-hydrogen) atoms. The third-order valence-corrected chi connectivity index (χ3v) is 18.4. The van der Waals surface area contributed by atoms with Gasteiger partial charge in [0.25, 0.3) is 17.7 Å². The van der Waals surface area contributed by atoms with E-state index in [1.165, 1.54) is 128 Å². The Morgan fingerprint density at radius 2 is 0.642 bits per heavy atom. The van der Waals surface area contributed by atoms with E-state index in [1.807, 2.05) is 30.3 Å². The molecule has 11 rings (SSSR count). The quantitative estimate of drug-likeness (QED) is 0.00976. The van der Waals surface area contributed by atoms with Gasteiger partial charge in [-0.2, -0.15) is 0 Å². The van der Waals surface area contributed by atoms with Crippen molar-refractivity contribution in [3.63, 3.8) is 0 Å². The maximum atomic E-state index is 12.8. The van der Waals surface area contributed by atoms with Crippen LogP contribution >= 0.6 is 0 Å². The number of anilines is 2. The SMILES string of the molecule is CCCCCCCOc1ccc(C(=O)NC(Cc2ccc(OC(=O)c3ccc(OC)cc3)cc2)C(=O)O)cc1.COc1ccc(CC(=O)Nc2ccc(C(=O)N[C@@H](Cc3ccc(OC(=O)c4ccc(O)cc4)cc3)C(=O)O)cc2)cc1.O=C(COCc1ccccc1)Nc1ccc(C(=O)N[C@@H](Cc2ccc(OC(=O)c3ccc(O)cc3)cc2)C(=O)O)cc1. The molecule has 634 valence electrons. The number of carboxylic acid groups (broad SMARTS) is 3. The lowest BCUT2D eigenvalue weighted by atomic mass is 10.0. The van der Waals surface area contributed by atoms with Gasteiger partial charge in [-0.25, -0.2) is 28.8 Å². The molecular formula is C95H91N5O23. The topological polar surface area (TPSA) is 414 Å². The van der Waals surface area contributed by atoms with Crippen molar-refractivity contribution in [1.82, 2.24) is 16.0 Å². The van der Waals surface area contributed by atoms with Crippen LogP contribution in [0.25, 0.3) is 0 Å². The Bertz CT molecular complexity index is 5330. The van der Waals surface area contributed by atoms with Gasteiger partial charge in [0.15, 0.2) is 0 Å². The zero-order valence-corrected chi connectivity index (χ0v) is 67.3. The van der Waals surface area contributed by atoms with Gasteiger partial charge in [-0.15, -0.1) is 0 Å². The average molecular weight is 1670 g/mol. The minimum absolute atomic E-state index is 0.00718. The summed E-state index contributed by atoms with van der Waals surface area (Å²) in [7, 11) is 3.11. The van der Waals surface area contributed by atoms with E-state index in [0.29, 0.717) is 75.4 Å². The Hall–Kier alpha value is -15.5. The first-order chi connectivity index (χ1) is 59.3. The lowest BCUT2D eigenvalue weighted by Crippen LogP contribution is -2.42. The number of benzene rings is 11. The molecule has 0 saturated heterocycles. The molecule has 11 aromatic carbocycles. The predicted octanol–water partition coefficient (Wildman–Crippen LogP) is 14.1. The summed E-state index contributed by atoms with van der Waals surface area (Å²) in [6.07, 6.45) is 5.94. The van der Waals surface area contributed by atoms with Crippen LogP contribution in [0.2, 0.25) is 0 Å². The summed E-state index contributed by atoms with van der Waals surface area (Å²) >= 11 is 0. The number of phenolic OH excluding ortho intramolecular Hbond substituents is 2. The number of hydrogen-bond acceptors (Lipinski definition) is 20. The molecule has 28 nitrogen and oxygen atoms in total. The Morgan fingerprint density at radius 1 is 0.325 bits per heavy atom. The molecule has 11 aromatic rings. The van der Waals surface area contributed by atoms with Crippen molar-refractivity contribution >= 4 is 76.7 Å². The van der Waals surface area contributed by atoms with Gasteiger partial charge in [-0.3, -0.25) is 24.0 Å². The zero-order valence-electron chi connectivity index (χ0n) is 67.3. The molecule has 0 saturated carbocycles. The van der Waals surface area contributed by atoms with E-state index < -0.39 is 71.7 Å². The van der Waals surface area contributed by atoms with E-state index in [-0.39, 0.29) is 89.4 Å². The summed E-state index contributed by atoms with van der Waals surface area (Å²) in [6.45, 7) is 2.96. The molecule has 0 bridgehead atoms. The van der Waals surface area contributed by atoms with E-state index in [2.05, 4.69) is 33.5 Å². The number of unbranched alkanes of at least 4 members (excludes halogenated alkanes) is 4. The van der Waals surface area contributed by atoms with Gasteiger partial charge in [0.1, 0.15) is 70.7 Å². The monoisotopic (exact) mass is 1670 g/mol. The molecule has 0 fully saturated rings. The van der Waals surface area contributed by atoms with Gasteiger partial charge in [-0.05, 0) is 228 Å². The first kappa shape index (κ1) is 91.4. The third-order valence-electron chi connectivity index (χ3n) is 18.4. The predicted molar refractivity (Wildman–Crippen MR) is 455 cm³/mol. The molecule has 0 spiro atoms. The lowest BCUT2D eigenvalue weighted by Gasteiger charge is -2.15. The van der Waals surface area contributed by atoms with Crippen LogP contribution in [0.5, 0.6) is 46.0 Å². The molecule has 1 unspecified atom stereocenters. The summed E-state index contributed by atoms with van der Waals surface area (Å²) in [4.78, 5) is 135. The van der Waals surface area contributed by atoms with Gasteiger partial charge in [-0.1, -0.05) is 111 Å². The highest BCUT2D eigenvalue weighted by Gasteiger charge is 2.26. The summed E-state index contributed by atoms with van der Waals surface area (Å²) in [5, 5.41) is 60.8. The van der Waals surface area contributed by atoms with Crippen molar-refractivity contribution in [3.05, 3.63) is 334 Å². The average Bonchev–Trinajstić information content (AvgIpc) is 0.874. The Morgan fingerprint density at radius 3 is 1.01 bits per heavy atom. The van der Waals surface area contributed by atoms with Crippen LogP contribution in [-0.4, -0.2) is 136 Å². The number of carbonyl (C=O) groups excluding carboxylic acids is 8. The molecule has 28 heteroatoms. The van der Waals surface area contributed by atoms with E-state index in [9.17, 15) is 78.3 Å². The van der Waals surface area contributed by atoms with Crippen molar-refractivity contribution in [2.24, 2.45) is 0 Å². The lowest BCUT2D eigenvalue weighted by molar-refractivity contribution is -0.140. The number of methoxy groups -OCH3 is 2. The Balaban J connectivity index is 0.000000209. The fourth-order valence-corrected chi connectivity index (χ4v) is 11.7. The number of nitrogens with one attached hydrogen (secondary N) is 5. The number of esters is 3. The van der Waals surface area contributed by atoms with E-state index >= 15 is 0 Å². The Kier molecular flexibility index (Phi) is 35.1. The Labute approximate surface area is 708 Å². The molecule has 3 atom stereocenters. The van der Waals surface area contributed by atoms with Gasteiger partial charge >= 0.3 is 35.8 Å². The fourth-order valence-electron chi connectivity index (χ4n) is 11.7. The van der Waals surface area contributed by atoms with Crippen LogP contribution in [-0.2, 0) is 61.0 Å². The normalized spacial score (nSPS) is 11.2. The van der Waals surface area contributed by atoms with Crippen molar-refractivity contribution in [3.8, 4) is 46.0 Å². The second-order valence-corrected chi connectivity index (χ2v) is 27.7. The van der Waals surface area contributed by atoms with Gasteiger partial charge in [0, 0.05) is 47.3 Å². The number of carbonyl (C=O) groups is 11. The van der Waals surface area contributed by atoms with Crippen LogP contribution in [0.3, 0.4) is 0 Å². The highest BCUT2D eigenvalue weighted by molar-refractivity contribution is 6.00. The van der Waals surface area contributed by atoms with Crippen molar-refractivity contribution in [1.29, 1.82) is 0 Å². The molecule has 0 radical (unpaired) electrons. The van der Waals surface area contributed by atoms with E-state index in [4.69, 9.17) is 33.2 Å². The van der Waals surface area contributed by atoms with Crippen LogP contribution in [0.1, 0.15) is 129 Å². The number of aromatic hydroxyl groups is 2. The van der Waals surface area contributed by atoms with Crippen LogP contribution in [0.4, 0.5) is 11.4 Å². The molecule has 0 heterocycles. The van der Waals surface area contributed by atoms with Crippen molar-refractivity contribution < 1.29 is 111 Å². The standard InChI is InChI=1S/2C32H28N2O8.C31H35NO7/c1-41-26-14-2-21(3-15-26)19-29(36)33-24-10-6-22(7-11-24)30(37)34-28(31(38)39)18-20-4-16-27(17-5-20)42-32(40)23-8-12-25(35)13-9-23;35-26-14-10-24(11-15-26)32(40)42-27-16-6-21(7-17-27)18-28(31(38)39)34-30(37)23-8-12-25(13-9-23)33-29(36)20-41-19-22-4-2-1-3-5-22;1-3-4-5-6-7-20-38-26-18-10-23(11-19-26)29(33)32-28(30(34)35)21-22-8-14-27(15-9-22)39-31(36)24-12-16-25(37-2)17-13-24/h2-17,28,35H,18-19H2,1H3,(H,33,36)(H,34,37)(H,38,39);1-17,28,35H,18-20H2,(H,33,36)(H,34,37)(H,38,39);8-19,28H,3-7,20-21H2,1-2H3,(H,32,33)(H,34,35)/t2*28-;/m00./s1. The largest absolute Gasteiger partial charge is 0.508 e. The molecule has 0 aromatic heterocycles. The van der Waals surface area contributed by atoms with E-state index in [1.54, 1.807) is 148 Å². The van der Waals surface area contributed by atoms with Gasteiger partial charge in [0.2, 0.25) is 11.8 Å². The number of rotatable bonds is 38. The minimum atomic E-state index is -1.22. The van der Waals surface area contributed by atoms with Gasteiger partial charge < -0.3 is 85.3 Å². The summed E-state index contributed by atoms with van der Waals surface area (Å²) in [5.74, 6) is -4.70. The van der Waals surface area contributed by atoms with Gasteiger partial charge in [0.05, 0.1) is 50.5 Å². The summed E-state index contributed by atoms with van der Waals surface area (Å²) in [5.41, 5.74) is 6.25. The third kappa shape index (κ3) is 30.8. The number of ether oxygens (including phenoxy) is 7. The van der Waals surface area contributed by atoms with Crippen LogP contribution in [0.15, 0.2) is 273 Å². The molecular weight excluding hydrogens is 1580 g/mol. The molecule has 0 aliphatic rings. The van der Waals surface area contributed by atoms with Crippen molar-refractivity contribution in [2.75, 3.05) is 38.1 Å². The first-order valence-electron chi connectivity index (χ1n) is 38.9. The van der Waals surface area contributed by atoms with Crippen LogP contribution in [0, 0.1) is 0 Å². The molecule has 10 N–H and O–H groups in total. The molecule has 0 aliphatic carbocycles. The maximum Gasteiger partial charge on any atom is 0.343 e. The highest BCUT2D eigenvalue weighted by atomic mass is 16.5. The maximum absolute atomic E-state index is 12.8. The molecule has 0 aliphatic heterocycles. The second-order valence-electron chi connectivity index (χ2n) is 27.7. The number of aliphatic carboxylic acids is 3. The number of hydrogen-bond donors (Lipinski definition) is 10. The summed E-state index contributed by atoms with van der Waals surface area (Å²) in [6, 6.07) is 68.6. The second kappa shape index (κ2) is 47.2. The van der Waals surface area contributed by atoms with E-state index in [0.717, 1.165) is 24.0 Å². The highest BCUT2D eigenvalue weighted by Crippen LogP contribution is 2.24. The number of phenols is 2. The minimum Gasteiger partial charge on any atom is -0.508 e. The number of carboxylic acids is 3. The summed E-state index contributed by atoms with van der Waals surface area (Å²) < 4.78 is 37.3. The molecule has 5 amide bonds. The first-order valence-corrected chi connectivity index (χ1v) is 38.9.